The summed E-state index contributed by atoms with van der Waals surface area (Å²) >= 11 is 0. The summed E-state index contributed by atoms with van der Waals surface area (Å²) in [4.78, 5) is 23.3. The Labute approximate surface area is 199 Å². The molecule has 10 heteroatoms. The molecule has 0 bridgehead atoms. The van der Waals surface area contributed by atoms with Crippen molar-refractivity contribution < 1.29 is 4.79 Å². The lowest BCUT2D eigenvalue weighted by Gasteiger charge is -2.29. The summed E-state index contributed by atoms with van der Waals surface area (Å²) in [6.07, 6.45) is 14.4. The SMILES string of the molecule is CCC(CC)n1cc(-c2nc(C(C=NC3CCN(C(=O)CN)CC3)=CN)cn3nccc23)cn1. The zero-order valence-electron chi connectivity index (χ0n) is 19.8. The van der Waals surface area contributed by atoms with Crippen LogP contribution < -0.4 is 11.5 Å². The smallest absolute Gasteiger partial charge is 0.236 e. The highest BCUT2D eigenvalue weighted by Gasteiger charge is 2.21. The summed E-state index contributed by atoms with van der Waals surface area (Å²) in [6, 6.07) is 2.43. The molecule has 1 amide bonds. The molecule has 0 spiro atoms. The number of fused-ring (bicyclic) bond motifs is 1. The first-order valence-electron chi connectivity index (χ1n) is 11.9. The van der Waals surface area contributed by atoms with Crippen LogP contribution in [-0.2, 0) is 4.79 Å². The lowest BCUT2D eigenvalue weighted by atomic mass is 10.1. The lowest BCUT2D eigenvalue weighted by Crippen LogP contribution is -2.42. The van der Waals surface area contributed by atoms with Gasteiger partial charge in [0, 0.05) is 42.8 Å². The third-order valence-electron chi connectivity index (χ3n) is 6.47. The van der Waals surface area contributed by atoms with Crippen molar-refractivity contribution in [2.75, 3.05) is 19.6 Å². The number of aromatic nitrogens is 5. The molecule has 0 atom stereocenters. The van der Waals surface area contributed by atoms with Crippen LogP contribution >= 0.6 is 0 Å². The van der Waals surface area contributed by atoms with E-state index in [1.54, 1.807) is 21.8 Å². The van der Waals surface area contributed by atoms with E-state index in [0.717, 1.165) is 42.5 Å². The van der Waals surface area contributed by atoms with E-state index in [1.165, 1.54) is 6.20 Å². The van der Waals surface area contributed by atoms with Crippen LogP contribution in [0.5, 0.6) is 0 Å². The number of hydrogen-bond donors (Lipinski definition) is 2. The van der Waals surface area contributed by atoms with Crippen LogP contribution in [0.25, 0.3) is 22.3 Å². The van der Waals surface area contributed by atoms with Crippen molar-refractivity contribution in [1.82, 2.24) is 29.3 Å². The zero-order chi connectivity index (χ0) is 24.1. The molecule has 3 aromatic rings. The fraction of sp³-hybridized carbons (Fsp3) is 0.458. The monoisotopic (exact) mass is 463 g/mol. The Bertz CT molecular complexity index is 1180. The van der Waals surface area contributed by atoms with E-state index in [0.29, 0.717) is 30.4 Å². The summed E-state index contributed by atoms with van der Waals surface area (Å²) in [5.41, 5.74) is 15.5. The summed E-state index contributed by atoms with van der Waals surface area (Å²) in [7, 11) is 0. The molecule has 180 valence electrons. The van der Waals surface area contributed by atoms with Gasteiger partial charge in [-0.3, -0.25) is 14.5 Å². The highest BCUT2D eigenvalue weighted by Crippen LogP contribution is 2.26. The largest absolute Gasteiger partial charge is 0.404 e. The molecule has 1 aliphatic rings. The Kier molecular flexibility index (Phi) is 7.36. The predicted octanol–water partition coefficient (Wildman–Crippen LogP) is 2.27. The molecule has 4 heterocycles. The van der Waals surface area contributed by atoms with Gasteiger partial charge in [0.05, 0.1) is 54.1 Å². The molecule has 34 heavy (non-hydrogen) atoms. The number of carbonyl (C=O) groups is 1. The first kappa shape index (κ1) is 23.6. The van der Waals surface area contributed by atoms with Gasteiger partial charge in [0.15, 0.2) is 0 Å². The summed E-state index contributed by atoms with van der Waals surface area (Å²) in [6.45, 7) is 5.72. The maximum absolute atomic E-state index is 11.8. The number of nitrogens with two attached hydrogens (primary N) is 2. The number of aliphatic imine (C=N–C) groups is 1. The fourth-order valence-electron chi connectivity index (χ4n) is 4.38. The Hall–Kier alpha value is -3.53. The average Bonchev–Trinajstić information content (AvgIpc) is 3.55. The summed E-state index contributed by atoms with van der Waals surface area (Å²) < 4.78 is 3.82. The lowest BCUT2D eigenvalue weighted by molar-refractivity contribution is -0.130. The van der Waals surface area contributed by atoms with Crippen molar-refractivity contribution in [1.29, 1.82) is 0 Å². The van der Waals surface area contributed by atoms with E-state index in [1.807, 2.05) is 29.3 Å². The number of amides is 1. The number of hydrogen-bond acceptors (Lipinski definition) is 7. The average molecular weight is 464 g/mol. The number of piperidine rings is 1. The Balaban J connectivity index is 1.58. The van der Waals surface area contributed by atoms with Crippen LogP contribution in [-0.4, -0.2) is 67.1 Å². The van der Waals surface area contributed by atoms with E-state index >= 15 is 0 Å². The van der Waals surface area contributed by atoms with Crippen LogP contribution in [0.4, 0.5) is 0 Å². The maximum atomic E-state index is 11.8. The van der Waals surface area contributed by atoms with Crippen molar-refractivity contribution in [3.8, 4) is 11.3 Å². The molecule has 0 saturated carbocycles. The van der Waals surface area contributed by atoms with Gasteiger partial charge in [0.2, 0.25) is 5.91 Å². The van der Waals surface area contributed by atoms with Crippen LogP contribution in [0.15, 0.2) is 42.0 Å². The molecule has 0 radical (unpaired) electrons. The number of carbonyl (C=O) groups excluding carboxylic acids is 1. The second kappa shape index (κ2) is 10.6. The van der Waals surface area contributed by atoms with E-state index < -0.39 is 0 Å². The van der Waals surface area contributed by atoms with Gasteiger partial charge in [-0.1, -0.05) is 13.8 Å². The van der Waals surface area contributed by atoms with Gasteiger partial charge in [-0.15, -0.1) is 0 Å². The minimum Gasteiger partial charge on any atom is -0.404 e. The molecule has 10 nitrogen and oxygen atoms in total. The second-order valence-electron chi connectivity index (χ2n) is 8.53. The van der Waals surface area contributed by atoms with Gasteiger partial charge in [-0.2, -0.15) is 10.2 Å². The van der Waals surface area contributed by atoms with Crippen LogP contribution in [0.2, 0.25) is 0 Å². The van der Waals surface area contributed by atoms with Gasteiger partial charge in [0.25, 0.3) is 0 Å². The summed E-state index contributed by atoms with van der Waals surface area (Å²) in [5, 5.41) is 9.02. The van der Waals surface area contributed by atoms with Crippen LogP contribution in [0.3, 0.4) is 0 Å². The fourth-order valence-corrected chi connectivity index (χ4v) is 4.38. The van der Waals surface area contributed by atoms with Gasteiger partial charge in [0.1, 0.15) is 0 Å². The minimum atomic E-state index is -0.0123. The van der Waals surface area contributed by atoms with Gasteiger partial charge in [-0.05, 0) is 31.7 Å². The van der Waals surface area contributed by atoms with E-state index in [-0.39, 0.29) is 18.5 Å². The topological polar surface area (TPSA) is 133 Å². The van der Waals surface area contributed by atoms with E-state index in [4.69, 9.17) is 21.4 Å². The number of likely N-dealkylation sites (tertiary alicyclic amines) is 1. The van der Waals surface area contributed by atoms with Gasteiger partial charge < -0.3 is 16.4 Å². The Morgan fingerprint density at radius 2 is 2.00 bits per heavy atom. The molecule has 0 aromatic carbocycles. The Morgan fingerprint density at radius 3 is 2.68 bits per heavy atom. The van der Waals surface area contributed by atoms with Crippen LogP contribution in [0, 0.1) is 0 Å². The van der Waals surface area contributed by atoms with E-state index in [2.05, 4.69) is 24.0 Å². The number of rotatable bonds is 8. The summed E-state index contributed by atoms with van der Waals surface area (Å²) in [5.74, 6) is -0.0123. The molecular formula is C24H33N9O. The van der Waals surface area contributed by atoms with Gasteiger partial charge in [-0.25, -0.2) is 9.50 Å². The van der Waals surface area contributed by atoms with Crippen LogP contribution in [0.1, 0.15) is 51.3 Å². The molecule has 0 aliphatic carbocycles. The Morgan fingerprint density at radius 1 is 1.24 bits per heavy atom. The zero-order valence-corrected chi connectivity index (χ0v) is 19.8. The van der Waals surface area contributed by atoms with Crippen molar-refractivity contribution in [2.24, 2.45) is 16.5 Å². The standard InChI is InChI=1S/C24H33N9O/c1-3-20(4-2)32-15-18(14-29-32)24-22-5-8-28-33(22)16-21(30-24)17(11-25)13-27-19-6-9-31(10-7-19)23(34)12-26/h5,8,11,13-16,19-20H,3-4,6-7,9-10,12,25-26H2,1-2H3. The highest BCUT2D eigenvalue weighted by molar-refractivity contribution is 6.09. The highest BCUT2D eigenvalue weighted by atomic mass is 16.2. The third kappa shape index (κ3) is 4.86. The first-order valence-corrected chi connectivity index (χ1v) is 11.9. The number of nitrogens with zero attached hydrogens (tertiary/aromatic N) is 7. The van der Waals surface area contributed by atoms with Crippen molar-refractivity contribution in [3.05, 3.63) is 42.7 Å². The molecule has 3 aromatic heterocycles. The second-order valence-corrected chi connectivity index (χ2v) is 8.53. The molecule has 1 saturated heterocycles. The molecule has 4 rings (SSSR count). The molecule has 1 fully saturated rings. The minimum absolute atomic E-state index is 0.0123. The third-order valence-corrected chi connectivity index (χ3v) is 6.47. The molecule has 1 aliphatic heterocycles. The van der Waals surface area contributed by atoms with Gasteiger partial charge >= 0.3 is 0 Å². The number of allylic oxidation sites excluding steroid dienone is 1. The first-order chi connectivity index (χ1) is 16.6. The van der Waals surface area contributed by atoms with Crippen molar-refractivity contribution in [2.45, 2.75) is 51.6 Å². The normalized spacial score (nSPS) is 15.8. The molecule has 4 N–H and O–H groups in total. The van der Waals surface area contributed by atoms with Crippen molar-refractivity contribution >= 4 is 23.2 Å². The van der Waals surface area contributed by atoms with Crippen molar-refractivity contribution in [3.63, 3.8) is 0 Å². The molecular weight excluding hydrogens is 430 g/mol. The quantitative estimate of drug-likeness (QED) is 0.493. The maximum Gasteiger partial charge on any atom is 0.236 e. The molecule has 0 unspecified atom stereocenters. The predicted molar refractivity (Wildman–Crippen MR) is 133 cm³/mol. The van der Waals surface area contributed by atoms with E-state index in [9.17, 15) is 4.79 Å².